The van der Waals surface area contributed by atoms with Crippen LogP contribution in [0.25, 0.3) is 0 Å². The van der Waals surface area contributed by atoms with Crippen LogP contribution < -0.4 is 15.4 Å². The van der Waals surface area contributed by atoms with E-state index in [9.17, 15) is 31.5 Å². The molecule has 11 heteroatoms. The number of fused-ring (bicyclic) bond motifs is 3. The Bertz CT molecular complexity index is 1420. The van der Waals surface area contributed by atoms with Crippen molar-refractivity contribution < 1.29 is 36.3 Å². The Hall–Kier alpha value is -3.66. The molecule has 0 saturated heterocycles. The SMILES string of the molecule is O=C(Nc1cc2c(c3c1C(c1cc(F)ccc1Cl)NC3=O)CCCO2)c1cc(F)cc(C(F)(F)F)c1. The molecule has 0 saturated carbocycles. The minimum Gasteiger partial charge on any atom is -0.493 e. The van der Waals surface area contributed by atoms with Gasteiger partial charge in [-0.25, -0.2) is 8.78 Å². The normalized spacial score (nSPS) is 16.6. The van der Waals surface area contributed by atoms with E-state index in [0.717, 1.165) is 12.1 Å². The zero-order valence-corrected chi connectivity index (χ0v) is 19.0. The second kappa shape index (κ2) is 8.77. The summed E-state index contributed by atoms with van der Waals surface area (Å²) in [5, 5.41) is 5.38. The fraction of sp³-hybridized carbons (Fsp3) is 0.200. The Morgan fingerprint density at radius 3 is 2.61 bits per heavy atom. The third-order valence-corrected chi connectivity index (χ3v) is 6.40. The number of carbonyl (C=O) groups excluding carboxylic acids is 2. The van der Waals surface area contributed by atoms with Gasteiger partial charge in [0.1, 0.15) is 17.4 Å². The minimum absolute atomic E-state index is 0.0390. The van der Waals surface area contributed by atoms with Crippen LogP contribution in [-0.2, 0) is 12.6 Å². The van der Waals surface area contributed by atoms with Gasteiger partial charge in [0, 0.05) is 33.3 Å². The van der Waals surface area contributed by atoms with Crippen LogP contribution in [0.15, 0.2) is 42.5 Å². The Morgan fingerprint density at radius 1 is 1.08 bits per heavy atom. The summed E-state index contributed by atoms with van der Waals surface area (Å²) in [6.07, 6.45) is -3.73. The fourth-order valence-electron chi connectivity index (χ4n) is 4.51. The van der Waals surface area contributed by atoms with Crippen molar-refractivity contribution in [3.63, 3.8) is 0 Å². The second-order valence-corrected chi connectivity index (χ2v) is 8.80. The lowest BCUT2D eigenvalue weighted by molar-refractivity contribution is -0.137. The van der Waals surface area contributed by atoms with E-state index in [1.54, 1.807) is 0 Å². The van der Waals surface area contributed by atoms with E-state index in [-0.39, 0.29) is 33.5 Å². The molecular weight excluding hydrogens is 507 g/mol. The molecule has 2 aliphatic rings. The molecule has 0 spiro atoms. The van der Waals surface area contributed by atoms with Gasteiger partial charge >= 0.3 is 6.18 Å². The average molecular weight is 523 g/mol. The summed E-state index contributed by atoms with van der Waals surface area (Å²) in [4.78, 5) is 26.0. The summed E-state index contributed by atoms with van der Waals surface area (Å²) < 4.78 is 73.1. The monoisotopic (exact) mass is 522 g/mol. The highest BCUT2D eigenvalue weighted by Crippen LogP contribution is 2.45. The van der Waals surface area contributed by atoms with Crippen LogP contribution in [0.5, 0.6) is 5.75 Å². The lowest BCUT2D eigenvalue weighted by atomic mass is 9.90. The molecule has 2 aliphatic heterocycles. The van der Waals surface area contributed by atoms with Crippen LogP contribution in [0, 0.1) is 11.6 Å². The first-order valence-corrected chi connectivity index (χ1v) is 11.2. The third-order valence-electron chi connectivity index (χ3n) is 6.06. The van der Waals surface area contributed by atoms with E-state index >= 15 is 0 Å². The summed E-state index contributed by atoms with van der Waals surface area (Å²) >= 11 is 6.29. The Labute approximate surface area is 206 Å². The first-order chi connectivity index (χ1) is 17.0. The molecule has 2 heterocycles. The number of anilines is 1. The summed E-state index contributed by atoms with van der Waals surface area (Å²) in [6, 6.07) is 5.59. The number of alkyl halides is 3. The minimum atomic E-state index is -4.87. The molecule has 0 aromatic heterocycles. The van der Waals surface area contributed by atoms with Gasteiger partial charge in [0.05, 0.1) is 29.5 Å². The number of amides is 2. The molecular formula is C25H16ClF5N2O3. The van der Waals surface area contributed by atoms with Gasteiger partial charge in [0.25, 0.3) is 11.8 Å². The highest BCUT2D eigenvalue weighted by atomic mass is 35.5. The van der Waals surface area contributed by atoms with E-state index in [1.165, 1.54) is 12.1 Å². The van der Waals surface area contributed by atoms with Crippen molar-refractivity contribution in [3.8, 4) is 5.75 Å². The van der Waals surface area contributed by atoms with Crippen LogP contribution in [0.2, 0.25) is 5.02 Å². The number of ether oxygens (including phenoxy) is 1. The zero-order chi connectivity index (χ0) is 25.8. The van der Waals surface area contributed by atoms with Gasteiger partial charge in [-0.15, -0.1) is 0 Å². The third kappa shape index (κ3) is 4.26. The molecule has 0 bridgehead atoms. The summed E-state index contributed by atoms with van der Waals surface area (Å²) in [6.45, 7) is 0.360. The molecule has 0 fully saturated rings. The first-order valence-electron chi connectivity index (χ1n) is 10.8. The zero-order valence-electron chi connectivity index (χ0n) is 18.2. The standard InChI is InChI=1S/C25H16ClF5N2O3/c26-17-4-3-13(27)9-16(17)22-21-18(10-19-15(2-1-5-36-19)20(21)24(35)33-22)32-23(34)11-6-12(25(29,30)31)8-14(28)7-11/h3-4,6-10,22H,1-2,5H2,(H,32,34)(H,33,35). The van der Waals surface area contributed by atoms with Crippen molar-refractivity contribution in [3.05, 3.63) is 92.5 Å². The summed E-state index contributed by atoms with van der Waals surface area (Å²) in [5.74, 6) is -3.06. The van der Waals surface area contributed by atoms with E-state index in [4.69, 9.17) is 16.3 Å². The van der Waals surface area contributed by atoms with Gasteiger partial charge in [-0.1, -0.05) is 11.6 Å². The summed E-state index contributed by atoms with van der Waals surface area (Å²) in [5.41, 5.74) is -0.578. The average Bonchev–Trinajstić information content (AvgIpc) is 3.17. The molecule has 0 aliphatic carbocycles. The second-order valence-electron chi connectivity index (χ2n) is 8.39. The number of carbonyl (C=O) groups is 2. The largest absolute Gasteiger partial charge is 0.493 e. The number of benzene rings is 3. The maximum Gasteiger partial charge on any atom is 0.416 e. The Kier molecular flexibility index (Phi) is 5.86. The molecule has 2 amide bonds. The van der Waals surface area contributed by atoms with Crippen LogP contribution in [0.1, 0.15) is 55.4 Å². The highest BCUT2D eigenvalue weighted by molar-refractivity contribution is 6.31. The molecule has 1 atom stereocenters. The number of hydrogen-bond donors (Lipinski definition) is 2. The van der Waals surface area contributed by atoms with Gasteiger partial charge in [-0.3, -0.25) is 9.59 Å². The maximum absolute atomic E-state index is 14.1. The fourth-order valence-corrected chi connectivity index (χ4v) is 4.74. The van der Waals surface area contributed by atoms with E-state index in [1.807, 2.05) is 0 Å². The van der Waals surface area contributed by atoms with Crippen molar-refractivity contribution in [2.45, 2.75) is 25.1 Å². The molecule has 0 radical (unpaired) electrons. The van der Waals surface area contributed by atoms with Crippen molar-refractivity contribution >= 4 is 29.1 Å². The predicted molar refractivity (Wildman–Crippen MR) is 120 cm³/mol. The molecule has 3 aromatic rings. The van der Waals surface area contributed by atoms with Gasteiger partial charge in [0.2, 0.25) is 0 Å². The van der Waals surface area contributed by atoms with Crippen LogP contribution in [-0.4, -0.2) is 18.4 Å². The molecule has 1 unspecified atom stereocenters. The van der Waals surface area contributed by atoms with E-state index in [0.29, 0.717) is 42.9 Å². The van der Waals surface area contributed by atoms with E-state index in [2.05, 4.69) is 10.6 Å². The van der Waals surface area contributed by atoms with Crippen molar-refractivity contribution in [1.29, 1.82) is 0 Å². The molecule has 186 valence electrons. The Morgan fingerprint density at radius 2 is 1.86 bits per heavy atom. The van der Waals surface area contributed by atoms with Crippen LogP contribution in [0.4, 0.5) is 27.6 Å². The molecule has 2 N–H and O–H groups in total. The number of nitrogens with one attached hydrogen (secondary N) is 2. The quantitative estimate of drug-likeness (QED) is 0.412. The number of rotatable bonds is 3. The summed E-state index contributed by atoms with van der Waals surface area (Å²) in [7, 11) is 0. The molecule has 5 rings (SSSR count). The number of hydrogen-bond acceptors (Lipinski definition) is 3. The van der Waals surface area contributed by atoms with Gasteiger partial charge in [-0.05, 0) is 49.2 Å². The Balaban J connectivity index is 1.64. The van der Waals surface area contributed by atoms with E-state index < -0.39 is 46.8 Å². The molecule has 3 aromatic carbocycles. The first kappa shape index (κ1) is 24.1. The maximum atomic E-state index is 14.1. The highest BCUT2D eigenvalue weighted by Gasteiger charge is 2.38. The predicted octanol–water partition coefficient (Wildman–Crippen LogP) is 6.05. The van der Waals surface area contributed by atoms with Crippen LogP contribution in [0.3, 0.4) is 0 Å². The number of halogens is 6. The van der Waals surface area contributed by atoms with Crippen molar-refractivity contribution in [2.75, 3.05) is 11.9 Å². The van der Waals surface area contributed by atoms with Crippen molar-refractivity contribution in [1.82, 2.24) is 5.32 Å². The topological polar surface area (TPSA) is 67.4 Å². The molecule has 5 nitrogen and oxygen atoms in total. The van der Waals surface area contributed by atoms with Gasteiger partial charge in [0.15, 0.2) is 0 Å². The van der Waals surface area contributed by atoms with Gasteiger partial charge < -0.3 is 15.4 Å². The lowest BCUT2D eigenvalue weighted by Crippen LogP contribution is -2.21. The van der Waals surface area contributed by atoms with Crippen molar-refractivity contribution in [2.24, 2.45) is 0 Å². The molecule has 36 heavy (non-hydrogen) atoms. The van der Waals surface area contributed by atoms with Gasteiger partial charge in [-0.2, -0.15) is 13.2 Å². The lowest BCUT2D eigenvalue weighted by Gasteiger charge is -2.23. The van der Waals surface area contributed by atoms with Crippen LogP contribution >= 0.6 is 11.6 Å². The smallest absolute Gasteiger partial charge is 0.416 e.